The highest BCUT2D eigenvalue weighted by molar-refractivity contribution is 5.93. The Bertz CT molecular complexity index is 1030. The van der Waals surface area contributed by atoms with Gasteiger partial charge in [0, 0.05) is 35.5 Å². The monoisotopic (exact) mass is 375 g/mol. The summed E-state index contributed by atoms with van der Waals surface area (Å²) in [4.78, 5) is 30.0. The van der Waals surface area contributed by atoms with Crippen LogP contribution in [0.5, 0.6) is 0 Å². The Morgan fingerprint density at radius 3 is 2.57 bits per heavy atom. The number of benzene rings is 2. The normalized spacial score (nSPS) is 14.6. The molecule has 1 saturated heterocycles. The van der Waals surface area contributed by atoms with Crippen molar-refractivity contribution in [2.75, 3.05) is 23.3 Å². The maximum Gasteiger partial charge on any atom is 0.252 e. The fourth-order valence-corrected chi connectivity index (χ4v) is 3.81. The summed E-state index contributed by atoms with van der Waals surface area (Å²) >= 11 is 0. The number of nitrogens with zero attached hydrogens (tertiary/aromatic N) is 1. The molecule has 0 unspecified atom stereocenters. The van der Waals surface area contributed by atoms with E-state index in [0.29, 0.717) is 5.56 Å². The van der Waals surface area contributed by atoms with Crippen LogP contribution in [0.3, 0.4) is 0 Å². The number of H-pyrrole nitrogens is 1. The summed E-state index contributed by atoms with van der Waals surface area (Å²) in [5.41, 5.74) is 2.95. The zero-order valence-electron chi connectivity index (χ0n) is 15.9. The minimum Gasteiger partial charge on any atom is -0.371 e. The number of fused-ring (bicyclic) bond motifs is 1. The molecule has 0 atom stereocenters. The quantitative estimate of drug-likeness (QED) is 0.722. The van der Waals surface area contributed by atoms with Gasteiger partial charge < -0.3 is 15.2 Å². The largest absolute Gasteiger partial charge is 0.371 e. The highest BCUT2D eigenvalue weighted by atomic mass is 16.2. The van der Waals surface area contributed by atoms with E-state index in [4.69, 9.17) is 0 Å². The van der Waals surface area contributed by atoms with Gasteiger partial charge in [0.2, 0.25) is 5.91 Å². The molecule has 2 N–H and O–H groups in total. The van der Waals surface area contributed by atoms with Gasteiger partial charge in [0.15, 0.2) is 0 Å². The van der Waals surface area contributed by atoms with Gasteiger partial charge in [-0.25, -0.2) is 0 Å². The molecule has 3 aromatic rings. The fourth-order valence-electron chi connectivity index (χ4n) is 3.81. The van der Waals surface area contributed by atoms with E-state index in [0.717, 1.165) is 35.4 Å². The lowest BCUT2D eigenvalue weighted by molar-refractivity contribution is -0.115. The molecule has 0 radical (unpaired) electrons. The zero-order chi connectivity index (χ0) is 19.3. The second kappa shape index (κ2) is 8.30. The standard InChI is InChI=1S/C23H25N3O2/c27-22(15-18-14-17-8-3-4-11-21(17)25-23(18)28)24-19-9-7-10-20(16-19)26-12-5-1-2-6-13-26/h3-4,7-11,14,16H,1-2,5-6,12-13,15H2,(H,24,27)(H,25,28). The Morgan fingerprint density at radius 2 is 1.75 bits per heavy atom. The Kier molecular flexibility index (Phi) is 5.42. The summed E-state index contributed by atoms with van der Waals surface area (Å²) in [6.07, 6.45) is 5.04. The SMILES string of the molecule is O=C(Cc1cc2ccccc2[nH]c1=O)Nc1cccc(N2CCCCCC2)c1. The number of amides is 1. The second-order valence-electron chi connectivity index (χ2n) is 7.39. The predicted octanol–water partition coefficient (Wildman–Crippen LogP) is 4.09. The third-order valence-electron chi connectivity index (χ3n) is 5.28. The molecule has 5 nitrogen and oxygen atoms in total. The number of aromatic nitrogens is 1. The molecule has 1 aliphatic heterocycles. The highest BCUT2D eigenvalue weighted by Gasteiger charge is 2.12. The van der Waals surface area contributed by atoms with Crippen LogP contribution in [0, 0.1) is 0 Å². The van der Waals surface area contributed by atoms with E-state index in [1.165, 1.54) is 25.7 Å². The molecule has 2 aromatic carbocycles. The Morgan fingerprint density at radius 1 is 0.964 bits per heavy atom. The molecular formula is C23H25N3O2. The lowest BCUT2D eigenvalue weighted by atomic mass is 10.1. The number of para-hydroxylation sites is 1. The zero-order valence-corrected chi connectivity index (χ0v) is 15.9. The van der Waals surface area contributed by atoms with Gasteiger partial charge in [0.05, 0.1) is 6.42 Å². The molecule has 1 amide bonds. The molecule has 1 aromatic heterocycles. The van der Waals surface area contributed by atoms with Gasteiger partial charge >= 0.3 is 0 Å². The Labute approximate surface area is 164 Å². The predicted molar refractivity (Wildman–Crippen MR) is 114 cm³/mol. The molecule has 4 rings (SSSR count). The number of anilines is 2. The smallest absolute Gasteiger partial charge is 0.252 e. The molecule has 0 spiro atoms. The van der Waals surface area contributed by atoms with Crippen LogP contribution in [0.2, 0.25) is 0 Å². The lowest BCUT2D eigenvalue weighted by Crippen LogP contribution is -2.24. The van der Waals surface area contributed by atoms with Crippen molar-refractivity contribution in [3.8, 4) is 0 Å². The molecule has 0 aliphatic carbocycles. The minimum atomic E-state index is -0.216. The first-order valence-corrected chi connectivity index (χ1v) is 9.95. The van der Waals surface area contributed by atoms with E-state index in [1.54, 1.807) is 6.07 Å². The number of hydrogen-bond donors (Lipinski definition) is 2. The average molecular weight is 375 g/mol. The van der Waals surface area contributed by atoms with Gasteiger partial charge in [-0.1, -0.05) is 37.1 Å². The number of carbonyl (C=O) groups excluding carboxylic acids is 1. The van der Waals surface area contributed by atoms with Crippen molar-refractivity contribution in [1.29, 1.82) is 0 Å². The van der Waals surface area contributed by atoms with Crippen molar-refractivity contribution in [3.63, 3.8) is 0 Å². The van der Waals surface area contributed by atoms with Crippen molar-refractivity contribution in [2.45, 2.75) is 32.1 Å². The molecule has 5 heteroatoms. The average Bonchev–Trinajstić information content (AvgIpc) is 2.98. The van der Waals surface area contributed by atoms with E-state index >= 15 is 0 Å². The van der Waals surface area contributed by atoms with Crippen molar-refractivity contribution < 1.29 is 4.79 Å². The highest BCUT2D eigenvalue weighted by Crippen LogP contribution is 2.23. The van der Waals surface area contributed by atoms with Crippen molar-refractivity contribution in [1.82, 2.24) is 4.98 Å². The van der Waals surface area contributed by atoms with Crippen LogP contribution in [0.4, 0.5) is 11.4 Å². The van der Waals surface area contributed by atoms with Crippen LogP contribution in [0.1, 0.15) is 31.2 Å². The van der Waals surface area contributed by atoms with Gasteiger partial charge in [-0.3, -0.25) is 9.59 Å². The number of hydrogen-bond acceptors (Lipinski definition) is 3. The first kappa shape index (κ1) is 18.3. The molecule has 144 valence electrons. The summed E-state index contributed by atoms with van der Waals surface area (Å²) in [7, 11) is 0. The Hall–Kier alpha value is -3.08. The number of aromatic amines is 1. The van der Waals surface area contributed by atoms with Gasteiger partial charge in [-0.15, -0.1) is 0 Å². The molecule has 1 aliphatic rings. The maximum atomic E-state index is 12.5. The molecule has 0 saturated carbocycles. The van der Waals surface area contributed by atoms with E-state index in [2.05, 4.69) is 21.3 Å². The molecule has 28 heavy (non-hydrogen) atoms. The fraction of sp³-hybridized carbons (Fsp3) is 0.304. The summed E-state index contributed by atoms with van der Waals surface area (Å²) in [5.74, 6) is -0.186. The van der Waals surface area contributed by atoms with Crippen LogP contribution in [-0.4, -0.2) is 24.0 Å². The van der Waals surface area contributed by atoms with Crippen LogP contribution in [0.15, 0.2) is 59.4 Å². The van der Waals surface area contributed by atoms with Gasteiger partial charge in [-0.05, 0) is 48.6 Å². The number of carbonyl (C=O) groups is 1. The van der Waals surface area contributed by atoms with Crippen LogP contribution < -0.4 is 15.8 Å². The van der Waals surface area contributed by atoms with Crippen molar-refractivity contribution in [2.24, 2.45) is 0 Å². The first-order valence-electron chi connectivity index (χ1n) is 9.95. The van der Waals surface area contributed by atoms with E-state index in [1.807, 2.05) is 42.5 Å². The van der Waals surface area contributed by atoms with Crippen molar-refractivity contribution >= 4 is 28.2 Å². The van der Waals surface area contributed by atoms with Crippen molar-refractivity contribution in [3.05, 3.63) is 70.5 Å². The lowest BCUT2D eigenvalue weighted by Gasteiger charge is -2.23. The van der Waals surface area contributed by atoms with Gasteiger partial charge in [-0.2, -0.15) is 0 Å². The third kappa shape index (κ3) is 4.25. The Balaban J connectivity index is 1.47. The van der Waals surface area contributed by atoms with Gasteiger partial charge in [0.25, 0.3) is 5.56 Å². The molecular weight excluding hydrogens is 350 g/mol. The second-order valence-corrected chi connectivity index (χ2v) is 7.39. The van der Waals surface area contributed by atoms with E-state index in [-0.39, 0.29) is 17.9 Å². The summed E-state index contributed by atoms with van der Waals surface area (Å²) < 4.78 is 0. The van der Waals surface area contributed by atoms with E-state index < -0.39 is 0 Å². The van der Waals surface area contributed by atoms with Gasteiger partial charge in [0.1, 0.15) is 0 Å². The first-order chi connectivity index (χ1) is 13.7. The third-order valence-corrected chi connectivity index (χ3v) is 5.28. The topological polar surface area (TPSA) is 65.2 Å². The minimum absolute atomic E-state index is 0.0497. The molecule has 0 bridgehead atoms. The maximum absolute atomic E-state index is 12.5. The van der Waals surface area contributed by atoms with Crippen LogP contribution >= 0.6 is 0 Å². The number of nitrogens with one attached hydrogen (secondary N) is 2. The number of pyridine rings is 1. The number of rotatable bonds is 4. The summed E-state index contributed by atoms with van der Waals surface area (Å²) in [6, 6.07) is 17.3. The summed E-state index contributed by atoms with van der Waals surface area (Å²) in [5, 5.41) is 3.87. The summed E-state index contributed by atoms with van der Waals surface area (Å²) in [6.45, 7) is 2.12. The van der Waals surface area contributed by atoms with E-state index in [9.17, 15) is 9.59 Å². The van der Waals surface area contributed by atoms with Crippen LogP contribution in [0.25, 0.3) is 10.9 Å². The molecule has 2 heterocycles. The van der Waals surface area contributed by atoms with Crippen LogP contribution in [-0.2, 0) is 11.2 Å². The molecule has 1 fully saturated rings.